The first-order valence-corrected chi connectivity index (χ1v) is 14.6. The average molecular weight is 577 g/mol. The summed E-state index contributed by atoms with van der Waals surface area (Å²) in [6.45, 7) is 11.1. The van der Waals surface area contributed by atoms with Crippen LogP contribution in [-0.2, 0) is 23.4 Å². The van der Waals surface area contributed by atoms with E-state index in [9.17, 15) is 14.3 Å². The van der Waals surface area contributed by atoms with Crippen molar-refractivity contribution in [1.29, 1.82) is 0 Å². The molecule has 2 aromatic rings. The van der Waals surface area contributed by atoms with Crippen LogP contribution in [0.2, 0.25) is 0 Å². The number of rotatable bonds is 13. The second-order valence-corrected chi connectivity index (χ2v) is 12.7. The molecule has 0 saturated carbocycles. The lowest BCUT2D eigenvalue weighted by Crippen LogP contribution is -2.35. The van der Waals surface area contributed by atoms with E-state index in [0.717, 1.165) is 0 Å². The molecule has 0 amide bonds. The molecule has 5 unspecified atom stereocenters. The van der Waals surface area contributed by atoms with Crippen LogP contribution < -0.4 is 15.6 Å². The van der Waals surface area contributed by atoms with Crippen molar-refractivity contribution in [3.8, 4) is 5.88 Å². The summed E-state index contributed by atoms with van der Waals surface area (Å²) in [5.41, 5.74) is 6.67. The molecule has 3 rings (SSSR count). The fourth-order valence-corrected chi connectivity index (χ4v) is 5.63. The van der Waals surface area contributed by atoms with Gasteiger partial charge in [-0.2, -0.15) is 9.97 Å². The molecule has 2 aromatic heterocycles. The van der Waals surface area contributed by atoms with Crippen LogP contribution in [0.1, 0.15) is 60.6 Å². The second-order valence-electron chi connectivity index (χ2n) is 10.3. The van der Waals surface area contributed by atoms with Crippen molar-refractivity contribution >= 4 is 42.4 Å². The lowest BCUT2D eigenvalue weighted by Gasteiger charge is -2.24. The summed E-state index contributed by atoms with van der Waals surface area (Å²) in [6, 6.07) is -0.564. The highest BCUT2D eigenvalue weighted by atomic mass is 35.5. The molecule has 0 radical (unpaired) electrons. The maximum atomic E-state index is 12.9. The van der Waals surface area contributed by atoms with E-state index in [1.54, 1.807) is 25.3 Å². The molecule has 13 nitrogen and oxygen atoms in total. The van der Waals surface area contributed by atoms with Crippen molar-refractivity contribution in [2.75, 3.05) is 25.6 Å². The van der Waals surface area contributed by atoms with E-state index in [4.69, 9.17) is 36.1 Å². The molecular formula is C23H38ClN6O7P. The lowest BCUT2D eigenvalue weighted by molar-refractivity contribution is -0.148. The maximum Gasteiger partial charge on any atom is 0.403 e. The number of hydrogen-bond acceptors (Lipinski definition) is 10. The van der Waals surface area contributed by atoms with Gasteiger partial charge in [0, 0.05) is 0 Å². The highest BCUT2D eigenvalue weighted by Crippen LogP contribution is 2.46. The van der Waals surface area contributed by atoms with E-state index in [1.165, 1.54) is 6.33 Å². The average Bonchev–Trinajstić information content (AvgIpc) is 3.34. The summed E-state index contributed by atoms with van der Waals surface area (Å²) >= 11 is 6.82. The number of halogens is 1. The molecule has 0 bridgehead atoms. The van der Waals surface area contributed by atoms with Gasteiger partial charge in [-0.25, -0.2) is 14.6 Å². The van der Waals surface area contributed by atoms with Crippen molar-refractivity contribution in [3.05, 3.63) is 6.33 Å². The molecule has 214 valence electrons. The van der Waals surface area contributed by atoms with Crippen LogP contribution in [0.15, 0.2) is 6.33 Å². The number of hydrogen-bond donors (Lipinski definition) is 3. The first-order chi connectivity index (χ1) is 17.7. The lowest BCUT2D eigenvalue weighted by atomic mass is 10.1. The number of nitrogens with one attached hydrogen (secondary N) is 1. The Bertz CT molecular complexity index is 1160. The molecule has 15 heteroatoms. The highest BCUT2D eigenvalue weighted by Gasteiger charge is 2.46. The molecule has 1 aliphatic heterocycles. The van der Waals surface area contributed by atoms with Crippen LogP contribution in [-0.4, -0.2) is 67.2 Å². The number of ether oxygens (including phenoxy) is 3. The van der Waals surface area contributed by atoms with Gasteiger partial charge in [0.15, 0.2) is 17.4 Å². The minimum Gasteiger partial charge on any atom is -0.476 e. The second kappa shape index (κ2) is 12.4. The number of nitrogens with two attached hydrogens (primary N) is 1. The fraction of sp³-hybridized carbons (Fsp3) is 0.739. The smallest absolute Gasteiger partial charge is 0.403 e. The summed E-state index contributed by atoms with van der Waals surface area (Å²) in [5, 5.41) is 2.61. The zero-order valence-electron chi connectivity index (χ0n) is 22.6. The van der Waals surface area contributed by atoms with Crippen molar-refractivity contribution in [3.63, 3.8) is 0 Å². The number of aromatic nitrogens is 4. The van der Waals surface area contributed by atoms with Crippen LogP contribution in [0.3, 0.4) is 0 Å². The molecule has 0 aromatic carbocycles. The molecular weight excluding hydrogens is 539 g/mol. The Morgan fingerprint density at radius 1 is 1.39 bits per heavy atom. The van der Waals surface area contributed by atoms with Crippen LogP contribution in [0.5, 0.6) is 5.88 Å². The van der Waals surface area contributed by atoms with Crippen molar-refractivity contribution < 1.29 is 33.0 Å². The standard InChI is InChI=1S/C23H38ClN6O7P/c1-7-34-19-17-18(27-22(25)28-19)30(12-26-17)21-23(6,24)9-16(37-21)11-36-38(32,33)29-15(8-13(2)3)10-35-20(31)14(4)5/h12-16,21H,7-11H2,1-6H3,(H2,25,27,28)(H2,29,32,33). The number of nitrogens with zero attached hydrogens (tertiary/aromatic N) is 4. The number of imidazole rings is 1. The number of carbonyl (C=O) groups excluding carboxylic acids is 1. The quantitative estimate of drug-likeness (QED) is 0.180. The Morgan fingerprint density at radius 3 is 2.74 bits per heavy atom. The summed E-state index contributed by atoms with van der Waals surface area (Å²) in [7, 11) is -4.26. The highest BCUT2D eigenvalue weighted by molar-refractivity contribution is 7.50. The largest absolute Gasteiger partial charge is 0.476 e. The topological polar surface area (TPSA) is 173 Å². The Hall–Kier alpha value is -2.02. The molecule has 0 spiro atoms. The van der Waals surface area contributed by atoms with Gasteiger partial charge in [-0.3, -0.25) is 13.9 Å². The Kier molecular flexibility index (Phi) is 9.99. The van der Waals surface area contributed by atoms with Gasteiger partial charge in [0.05, 0.1) is 42.5 Å². The van der Waals surface area contributed by atoms with Gasteiger partial charge in [-0.15, -0.1) is 11.6 Å². The monoisotopic (exact) mass is 576 g/mol. The number of fused-ring (bicyclic) bond motifs is 1. The fourth-order valence-electron chi connectivity index (χ4n) is 4.22. The zero-order chi connectivity index (χ0) is 28.3. The minimum atomic E-state index is -4.26. The molecule has 38 heavy (non-hydrogen) atoms. The van der Waals surface area contributed by atoms with Crippen molar-refractivity contribution in [2.45, 2.75) is 77.6 Å². The van der Waals surface area contributed by atoms with E-state index < -0.39 is 31.0 Å². The van der Waals surface area contributed by atoms with Crippen LogP contribution in [0.25, 0.3) is 11.2 Å². The minimum absolute atomic E-state index is 0.0131. The number of alkyl halides is 1. The van der Waals surface area contributed by atoms with E-state index in [1.807, 2.05) is 20.8 Å². The third-order valence-electron chi connectivity index (χ3n) is 5.84. The third kappa shape index (κ3) is 7.77. The SMILES string of the molecule is CCOc1nc(N)nc2c1ncn2C1OC(COP(=O)(O)NC(COC(=O)C(C)C)CC(C)C)CC1(C)Cl. The maximum absolute atomic E-state index is 12.9. The number of carbonyl (C=O) groups is 1. The van der Waals surface area contributed by atoms with Gasteiger partial charge in [-0.05, 0) is 32.6 Å². The van der Waals surface area contributed by atoms with Crippen molar-refractivity contribution in [1.82, 2.24) is 24.6 Å². The van der Waals surface area contributed by atoms with Gasteiger partial charge in [0.1, 0.15) is 6.61 Å². The number of anilines is 1. The Balaban J connectivity index is 1.68. The predicted molar refractivity (Wildman–Crippen MR) is 142 cm³/mol. The predicted octanol–water partition coefficient (Wildman–Crippen LogP) is 3.41. The van der Waals surface area contributed by atoms with Gasteiger partial charge in [0.2, 0.25) is 11.8 Å². The molecule has 5 atom stereocenters. The van der Waals surface area contributed by atoms with E-state index >= 15 is 0 Å². The van der Waals surface area contributed by atoms with Crippen LogP contribution in [0, 0.1) is 11.8 Å². The van der Waals surface area contributed by atoms with Crippen LogP contribution >= 0.6 is 19.3 Å². The summed E-state index contributed by atoms with van der Waals surface area (Å²) in [4.78, 5) is 34.2. The van der Waals surface area contributed by atoms with E-state index in [2.05, 4.69) is 20.0 Å². The summed E-state index contributed by atoms with van der Waals surface area (Å²) in [6.07, 6.45) is 1.02. The molecule has 0 aliphatic carbocycles. The first-order valence-electron chi connectivity index (χ1n) is 12.6. The van der Waals surface area contributed by atoms with Crippen molar-refractivity contribution in [2.24, 2.45) is 11.8 Å². The third-order valence-corrected chi connectivity index (χ3v) is 7.37. The summed E-state index contributed by atoms with van der Waals surface area (Å²) < 4.78 is 36.8. The molecule has 1 fully saturated rings. The molecule has 3 heterocycles. The zero-order valence-corrected chi connectivity index (χ0v) is 24.2. The first kappa shape index (κ1) is 30.5. The van der Waals surface area contributed by atoms with Gasteiger partial charge in [0.25, 0.3) is 0 Å². The van der Waals surface area contributed by atoms with E-state index in [0.29, 0.717) is 30.6 Å². The number of nitrogen functional groups attached to an aromatic ring is 1. The molecule has 1 saturated heterocycles. The summed E-state index contributed by atoms with van der Waals surface area (Å²) in [5.74, 6) is -0.226. The number of esters is 1. The molecule has 1 aliphatic rings. The van der Waals surface area contributed by atoms with Gasteiger partial charge >= 0.3 is 13.7 Å². The van der Waals surface area contributed by atoms with Gasteiger partial charge < -0.3 is 24.8 Å². The van der Waals surface area contributed by atoms with E-state index in [-0.39, 0.29) is 42.8 Å². The van der Waals surface area contributed by atoms with Gasteiger partial charge in [-0.1, -0.05) is 27.7 Å². The Morgan fingerprint density at radius 2 is 2.11 bits per heavy atom. The normalized spacial score (nSPS) is 24.2. The molecule has 4 N–H and O–H groups in total. The van der Waals surface area contributed by atoms with Crippen LogP contribution in [0.4, 0.5) is 5.95 Å². The Labute approximate surface area is 227 Å².